The first-order chi connectivity index (χ1) is 12.9. The zero-order valence-electron chi connectivity index (χ0n) is 15.0. The minimum atomic E-state index is -3.63. The number of benzene rings is 2. The van der Waals surface area contributed by atoms with Gasteiger partial charge in [-0.25, -0.2) is 13.1 Å². The lowest BCUT2D eigenvalue weighted by atomic mass is 10.1. The van der Waals surface area contributed by atoms with Crippen LogP contribution in [0, 0.1) is 0 Å². The first-order valence-electron chi connectivity index (χ1n) is 8.48. The second-order valence-corrected chi connectivity index (χ2v) is 7.85. The van der Waals surface area contributed by atoms with Crippen LogP contribution in [-0.2, 0) is 25.4 Å². The molecule has 0 bridgehead atoms. The molecule has 0 fully saturated rings. The topological polar surface area (TPSA) is 104 Å². The molecule has 2 aromatic carbocycles. The van der Waals surface area contributed by atoms with E-state index in [0.717, 1.165) is 5.56 Å². The van der Waals surface area contributed by atoms with Crippen LogP contribution in [0.5, 0.6) is 0 Å². The predicted molar refractivity (Wildman–Crippen MR) is 103 cm³/mol. The quantitative estimate of drug-likeness (QED) is 0.597. The first-order valence-corrected chi connectivity index (χ1v) is 10.1. The number of carbonyl (C=O) groups is 2. The largest absolute Gasteiger partial charge is 0.348 e. The third kappa shape index (κ3) is 7.59. The maximum absolute atomic E-state index is 12.0. The van der Waals surface area contributed by atoms with E-state index in [1.54, 1.807) is 30.3 Å². The zero-order chi connectivity index (χ0) is 19.7. The summed E-state index contributed by atoms with van der Waals surface area (Å²) >= 11 is 0. The van der Waals surface area contributed by atoms with E-state index in [1.165, 1.54) is 0 Å². The summed E-state index contributed by atoms with van der Waals surface area (Å²) in [4.78, 5) is 23.7. The van der Waals surface area contributed by atoms with E-state index in [9.17, 15) is 18.0 Å². The lowest BCUT2D eigenvalue weighted by Gasteiger charge is -2.14. The Labute approximate surface area is 159 Å². The van der Waals surface area contributed by atoms with Crippen molar-refractivity contribution in [2.45, 2.75) is 18.7 Å². The van der Waals surface area contributed by atoms with Gasteiger partial charge in [0.25, 0.3) is 0 Å². The van der Waals surface area contributed by atoms with Gasteiger partial charge < -0.3 is 10.6 Å². The van der Waals surface area contributed by atoms with Crippen LogP contribution in [0.1, 0.15) is 24.1 Å². The molecule has 2 amide bonds. The monoisotopic (exact) mass is 389 g/mol. The van der Waals surface area contributed by atoms with Crippen LogP contribution in [0.25, 0.3) is 0 Å². The van der Waals surface area contributed by atoms with Crippen molar-refractivity contribution in [3.05, 3.63) is 71.8 Å². The van der Waals surface area contributed by atoms with Crippen LogP contribution >= 0.6 is 0 Å². The summed E-state index contributed by atoms with van der Waals surface area (Å²) in [7, 11) is -3.63. The van der Waals surface area contributed by atoms with Crippen molar-refractivity contribution in [1.29, 1.82) is 0 Å². The average molecular weight is 389 g/mol. The SMILES string of the molecule is C[C@H](NC(=O)CNC(=O)CNS(=O)(=O)Cc1ccccc1)c1ccccc1. The molecule has 7 nitrogen and oxygen atoms in total. The Balaban J connectivity index is 1.71. The van der Waals surface area contributed by atoms with Crippen LogP contribution in [0.3, 0.4) is 0 Å². The number of rotatable bonds is 9. The normalized spacial score (nSPS) is 12.2. The number of sulfonamides is 1. The number of hydrogen-bond acceptors (Lipinski definition) is 4. The van der Waals surface area contributed by atoms with Gasteiger partial charge in [0.2, 0.25) is 21.8 Å². The molecule has 0 aromatic heterocycles. The number of amides is 2. The lowest BCUT2D eigenvalue weighted by Crippen LogP contribution is -2.42. The predicted octanol–water partition coefficient (Wildman–Crippen LogP) is 1.10. The molecule has 0 unspecified atom stereocenters. The Bertz CT molecular complexity index is 855. The summed E-state index contributed by atoms with van der Waals surface area (Å²) in [5.41, 5.74) is 1.57. The second kappa shape index (κ2) is 9.84. The molecular weight excluding hydrogens is 366 g/mol. The Morgan fingerprint density at radius 2 is 1.48 bits per heavy atom. The summed E-state index contributed by atoms with van der Waals surface area (Å²) in [6.45, 7) is 1.19. The second-order valence-electron chi connectivity index (χ2n) is 6.04. The van der Waals surface area contributed by atoms with Gasteiger partial charge >= 0.3 is 0 Å². The third-order valence-electron chi connectivity index (χ3n) is 3.78. The molecule has 0 spiro atoms. The van der Waals surface area contributed by atoms with E-state index in [-0.39, 0.29) is 24.2 Å². The van der Waals surface area contributed by atoms with Crippen molar-refractivity contribution in [2.24, 2.45) is 0 Å². The Morgan fingerprint density at radius 3 is 2.11 bits per heavy atom. The standard InChI is InChI=1S/C19H23N3O4S/c1-15(17-10-6-3-7-11-17)22-19(24)12-20-18(23)13-21-27(25,26)14-16-8-4-2-5-9-16/h2-11,15,21H,12-14H2,1H3,(H,20,23)(H,22,24)/t15-/m0/s1. The molecule has 8 heteroatoms. The van der Waals surface area contributed by atoms with Crippen LogP contribution in [0.2, 0.25) is 0 Å². The van der Waals surface area contributed by atoms with Gasteiger partial charge in [-0.3, -0.25) is 9.59 Å². The van der Waals surface area contributed by atoms with E-state index in [2.05, 4.69) is 15.4 Å². The van der Waals surface area contributed by atoms with Crippen LogP contribution in [0.15, 0.2) is 60.7 Å². The highest BCUT2D eigenvalue weighted by molar-refractivity contribution is 7.88. The molecular formula is C19H23N3O4S. The number of hydrogen-bond donors (Lipinski definition) is 3. The summed E-state index contributed by atoms with van der Waals surface area (Å²) < 4.78 is 26.2. The van der Waals surface area contributed by atoms with Crippen LogP contribution in [-0.4, -0.2) is 33.3 Å². The molecule has 2 rings (SSSR count). The first kappa shape index (κ1) is 20.6. The lowest BCUT2D eigenvalue weighted by molar-refractivity contribution is -0.125. The van der Waals surface area contributed by atoms with Gasteiger partial charge in [-0.05, 0) is 18.1 Å². The molecule has 0 aliphatic heterocycles. The van der Waals surface area contributed by atoms with Crippen LogP contribution < -0.4 is 15.4 Å². The minimum absolute atomic E-state index is 0.194. The number of carbonyl (C=O) groups excluding carboxylic acids is 2. The fourth-order valence-electron chi connectivity index (χ4n) is 2.38. The Morgan fingerprint density at radius 1 is 0.889 bits per heavy atom. The summed E-state index contributed by atoms with van der Waals surface area (Å²) in [5.74, 6) is -1.14. The molecule has 0 heterocycles. The highest BCUT2D eigenvalue weighted by Gasteiger charge is 2.14. The van der Waals surface area contributed by atoms with Gasteiger partial charge in [0.1, 0.15) is 0 Å². The smallest absolute Gasteiger partial charge is 0.239 e. The van der Waals surface area contributed by atoms with Crippen molar-refractivity contribution in [3.63, 3.8) is 0 Å². The maximum atomic E-state index is 12.0. The molecule has 27 heavy (non-hydrogen) atoms. The van der Waals surface area contributed by atoms with E-state index < -0.39 is 22.5 Å². The van der Waals surface area contributed by atoms with E-state index in [0.29, 0.717) is 5.56 Å². The average Bonchev–Trinajstić information content (AvgIpc) is 2.66. The molecule has 3 N–H and O–H groups in total. The van der Waals surface area contributed by atoms with Crippen molar-refractivity contribution in [1.82, 2.24) is 15.4 Å². The molecule has 0 saturated heterocycles. The summed E-state index contributed by atoms with van der Waals surface area (Å²) in [6, 6.07) is 17.9. The van der Waals surface area contributed by atoms with E-state index >= 15 is 0 Å². The summed E-state index contributed by atoms with van der Waals surface area (Å²) in [6.07, 6.45) is 0. The highest BCUT2D eigenvalue weighted by Crippen LogP contribution is 2.10. The van der Waals surface area contributed by atoms with Crippen molar-refractivity contribution < 1.29 is 18.0 Å². The van der Waals surface area contributed by atoms with E-state index in [4.69, 9.17) is 0 Å². The number of nitrogens with one attached hydrogen (secondary N) is 3. The fraction of sp³-hybridized carbons (Fsp3) is 0.263. The third-order valence-corrected chi connectivity index (χ3v) is 5.07. The van der Waals surface area contributed by atoms with Crippen molar-refractivity contribution >= 4 is 21.8 Å². The van der Waals surface area contributed by atoms with Gasteiger partial charge in [0.15, 0.2) is 0 Å². The molecule has 2 aromatic rings. The van der Waals surface area contributed by atoms with Crippen LogP contribution in [0.4, 0.5) is 0 Å². The maximum Gasteiger partial charge on any atom is 0.239 e. The van der Waals surface area contributed by atoms with Gasteiger partial charge in [0, 0.05) is 0 Å². The minimum Gasteiger partial charge on any atom is -0.348 e. The van der Waals surface area contributed by atoms with Gasteiger partial charge in [-0.2, -0.15) is 0 Å². The molecule has 1 atom stereocenters. The van der Waals surface area contributed by atoms with Gasteiger partial charge in [0.05, 0.1) is 24.9 Å². The highest BCUT2D eigenvalue weighted by atomic mass is 32.2. The molecule has 0 saturated carbocycles. The Kier molecular flexibility index (Phi) is 7.51. The van der Waals surface area contributed by atoms with Crippen molar-refractivity contribution in [2.75, 3.05) is 13.1 Å². The van der Waals surface area contributed by atoms with Gasteiger partial charge in [-0.1, -0.05) is 60.7 Å². The fourth-order valence-corrected chi connectivity index (χ4v) is 3.46. The molecule has 0 aliphatic rings. The zero-order valence-corrected chi connectivity index (χ0v) is 15.8. The molecule has 0 aliphatic carbocycles. The van der Waals surface area contributed by atoms with Gasteiger partial charge in [-0.15, -0.1) is 0 Å². The molecule has 144 valence electrons. The van der Waals surface area contributed by atoms with E-state index in [1.807, 2.05) is 37.3 Å². The Hall–Kier alpha value is -2.71. The van der Waals surface area contributed by atoms with Crippen molar-refractivity contribution in [3.8, 4) is 0 Å². The summed E-state index contributed by atoms with van der Waals surface area (Å²) in [5, 5.41) is 5.16. The molecule has 0 radical (unpaired) electrons.